The van der Waals surface area contributed by atoms with E-state index in [1.165, 1.54) is 34.2 Å². The van der Waals surface area contributed by atoms with Gasteiger partial charge in [-0.15, -0.1) is 0 Å². The molecule has 1 aliphatic carbocycles. The first-order chi connectivity index (χ1) is 15.1. The third-order valence-electron chi connectivity index (χ3n) is 6.13. The Morgan fingerprint density at radius 2 is 2.09 bits per heavy atom. The van der Waals surface area contributed by atoms with Crippen LogP contribution in [0.4, 0.5) is 5.13 Å². The molecule has 1 N–H and O–H groups in total. The van der Waals surface area contributed by atoms with Gasteiger partial charge in [0.05, 0.1) is 21.0 Å². The standard InChI is InChI=1S/C25H28N4OS2/c1-14-6-8-20-21(10-14)32-24(28-20)29-22(30)15(2)31-23-17(13-26)11-16-12-18(25(3,4)5)7-9-19(16)27-23/h6,8,10-11,15,18H,7,9,12H2,1-5H3,(H,28,29,30). The molecule has 0 saturated heterocycles. The predicted octanol–water partition coefficient (Wildman–Crippen LogP) is 6.14. The number of aromatic nitrogens is 2. The van der Waals surface area contributed by atoms with Gasteiger partial charge < -0.3 is 5.32 Å². The second-order valence-corrected chi connectivity index (χ2v) is 12.0. The third-order valence-corrected chi connectivity index (χ3v) is 8.16. The number of hydrogen-bond acceptors (Lipinski definition) is 6. The molecule has 3 aromatic rings. The zero-order chi connectivity index (χ0) is 23.0. The molecule has 0 radical (unpaired) electrons. The Kier molecular flexibility index (Phi) is 6.28. The van der Waals surface area contributed by atoms with Gasteiger partial charge in [0.25, 0.3) is 0 Å². The number of nitrogens with zero attached hydrogens (tertiary/aromatic N) is 3. The van der Waals surface area contributed by atoms with Crippen LogP contribution in [0.25, 0.3) is 10.2 Å². The normalized spacial score (nSPS) is 16.9. The summed E-state index contributed by atoms with van der Waals surface area (Å²) >= 11 is 2.81. The van der Waals surface area contributed by atoms with E-state index in [1.54, 1.807) is 0 Å². The Morgan fingerprint density at radius 3 is 2.81 bits per heavy atom. The first-order valence-electron chi connectivity index (χ1n) is 10.9. The number of carbonyl (C=O) groups excluding carboxylic acids is 1. The number of pyridine rings is 1. The monoisotopic (exact) mass is 464 g/mol. The second-order valence-electron chi connectivity index (χ2n) is 9.60. The molecule has 32 heavy (non-hydrogen) atoms. The molecule has 5 nitrogen and oxygen atoms in total. The van der Waals surface area contributed by atoms with Gasteiger partial charge in [-0.1, -0.05) is 49.9 Å². The largest absolute Gasteiger partial charge is 0.301 e. The molecular weight excluding hydrogens is 436 g/mol. The van der Waals surface area contributed by atoms with Crippen LogP contribution >= 0.6 is 23.1 Å². The Balaban J connectivity index is 1.49. The van der Waals surface area contributed by atoms with E-state index in [2.05, 4.69) is 43.2 Å². The molecule has 1 aliphatic rings. The van der Waals surface area contributed by atoms with Crippen molar-refractivity contribution in [2.75, 3.05) is 5.32 Å². The van der Waals surface area contributed by atoms with Gasteiger partial charge in [-0.3, -0.25) is 4.79 Å². The van der Waals surface area contributed by atoms with Crippen molar-refractivity contribution in [3.63, 3.8) is 0 Å². The highest BCUT2D eigenvalue weighted by atomic mass is 32.2. The minimum atomic E-state index is -0.396. The molecule has 1 amide bonds. The quantitative estimate of drug-likeness (QED) is 0.469. The number of amides is 1. The number of aryl methyl sites for hydroxylation is 2. The average molecular weight is 465 g/mol. The smallest absolute Gasteiger partial charge is 0.239 e. The van der Waals surface area contributed by atoms with Crippen LogP contribution in [0.3, 0.4) is 0 Å². The molecular formula is C25H28N4OS2. The first kappa shape index (κ1) is 22.8. The van der Waals surface area contributed by atoms with Crippen LogP contribution in [-0.2, 0) is 17.6 Å². The number of thioether (sulfide) groups is 1. The van der Waals surface area contributed by atoms with Gasteiger partial charge in [-0.25, -0.2) is 9.97 Å². The van der Waals surface area contributed by atoms with Crippen molar-refractivity contribution >= 4 is 44.4 Å². The molecule has 2 unspecified atom stereocenters. The maximum absolute atomic E-state index is 12.8. The maximum Gasteiger partial charge on any atom is 0.239 e. The fourth-order valence-electron chi connectivity index (χ4n) is 4.07. The van der Waals surface area contributed by atoms with E-state index in [-0.39, 0.29) is 11.3 Å². The summed E-state index contributed by atoms with van der Waals surface area (Å²) in [5.41, 5.74) is 5.09. The lowest BCUT2D eigenvalue weighted by atomic mass is 9.71. The predicted molar refractivity (Wildman–Crippen MR) is 132 cm³/mol. The highest BCUT2D eigenvalue weighted by Crippen LogP contribution is 2.38. The fourth-order valence-corrected chi connectivity index (χ4v) is 5.93. The number of anilines is 1. The maximum atomic E-state index is 12.8. The molecule has 166 valence electrons. The van der Waals surface area contributed by atoms with Crippen molar-refractivity contribution in [2.45, 2.75) is 64.2 Å². The summed E-state index contributed by atoms with van der Waals surface area (Å²) < 4.78 is 1.05. The van der Waals surface area contributed by atoms with Gasteiger partial charge in [0.1, 0.15) is 11.1 Å². The number of nitrogens with one attached hydrogen (secondary N) is 1. The number of rotatable bonds is 4. The average Bonchev–Trinajstić information content (AvgIpc) is 3.13. The highest BCUT2D eigenvalue weighted by molar-refractivity contribution is 8.00. The molecule has 2 heterocycles. The van der Waals surface area contributed by atoms with Crippen molar-refractivity contribution in [1.82, 2.24) is 9.97 Å². The van der Waals surface area contributed by atoms with Crippen LogP contribution in [0.1, 0.15) is 56.5 Å². The number of carbonyl (C=O) groups is 1. The first-order valence-corrected chi connectivity index (χ1v) is 12.6. The number of thiazole rings is 1. The number of fused-ring (bicyclic) bond motifs is 2. The van der Waals surface area contributed by atoms with Gasteiger partial charge >= 0.3 is 0 Å². The van der Waals surface area contributed by atoms with Crippen LogP contribution in [-0.4, -0.2) is 21.1 Å². The Morgan fingerprint density at radius 1 is 1.31 bits per heavy atom. The number of nitriles is 1. The van der Waals surface area contributed by atoms with Crippen LogP contribution in [0.2, 0.25) is 0 Å². The van der Waals surface area contributed by atoms with Crippen molar-refractivity contribution in [3.05, 3.63) is 46.6 Å². The van der Waals surface area contributed by atoms with E-state index in [9.17, 15) is 10.1 Å². The molecule has 4 rings (SSSR count). The minimum absolute atomic E-state index is 0.137. The molecule has 1 aromatic carbocycles. The summed E-state index contributed by atoms with van der Waals surface area (Å²) in [6, 6.07) is 10.3. The lowest BCUT2D eigenvalue weighted by Crippen LogP contribution is -2.27. The topological polar surface area (TPSA) is 78.7 Å². The Hall–Kier alpha value is -2.43. The van der Waals surface area contributed by atoms with Crippen molar-refractivity contribution in [3.8, 4) is 6.07 Å². The van der Waals surface area contributed by atoms with Gasteiger partial charge in [0.15, 0.2) is 5.13 Å². The lowest BCUT2D eigenvalue weighted by molar-refractivity contribution is -0.115. The number of benzene rings is 1. The third kappa shape index (κ3) is 4.82. The summed E-state index contributed by atoms with van der Waals surface area (Å²) in [6.07, 6.45) is 2.98. The van der Waals surface area contributed by atoms with Crippen molar-refractivity contribution < 1.29 is 4.79 Å². The molecule has 0 saturated carbocycles. The van der Waals surface area contributed by atoms with Gasteiger partial charge in [-0.2, -0.15) is 5.26 Å². The summed E-state index contributed by atoms with van der Waals surface area (Å²) in [5.74, 6) is 0.450. The van der Waals surface area contributed by atoms with Gasteiger partial charge in [0.2, 0.25) is 5.91 Å². The highest BCUT2D eigenvalue weighted by Gasteiger charge is 2.30. The van der Waals surface area contributed by atoms with Crippen molar-refractivity contribution in [1.29, 1.82) is 5.26 Å². The number of hydrogen-bond donors (Lipinski definition) is 1. The Bertz CT molecular complexity index is 1220. The molecule has 0 spiro atoms. The van der Waals surface area contributed by atoms with Gasteiger partial charge in [0, 0.05) is 5.69 Å². The summed E-state index contributed by atoms with van der Waals surface area (Å²) in [5, 5.41) is 13.5. The summed E-state index contributed by atoms with van der Waals surface area (Å²) in [7, 11) is 0. The van der Waals surface area contributed by atoms with Crippen LogP contribution < -0.4 is 5.32 Å². The van der Waals surface area contributed by atoms with E-state index in [0.717, 1.165) is 35.2 Å². The van der Waals surface area contributed by atoms with Crippen molar-refractivity contribution in [2.24, 2.45) is 11.3 Å². The van der Waals surface area contributed by atoms with Crippen LogP contribution in [0, 0.1) is 29.6 Å². The second kappa shape index (κ2) is 8.84. The zero-order valence-corrected chi connectivity index (χ0v) is 20.8. The lowest BCUT2D eigenvalue weighted by Gasteiger charge is -2.34. The SMILES string of the molecule is Cc1ccc2nc(NC(=O)C(C)Sc3nc4c(cc3C#N)CC(C(C)(C)C)CC4)sc2c1. The van der Waals surface area contributed by atoms with Gasteiger partial charge in [-0.05, 0) is 73.8 Å². The summed E-state index contributed by atoms with van der Waals surface area (Å²) in [4.78, 5) is 22.2. The zero-order valence-electron chi connectivity index (χ0n) is 19.2. The summed E-state index contributed by atoms with van der Waals surface area (Å²) in [6.45, 7) is 10.7. The van der Waals surface area contributed by atoms with Crippen LogP contribution in [0.5, 0.6) is 0 Å². The van der Waals surface area contributed by atoms with E-state index >= 15 is 0 Å². The van der Waals surface area contributed by atoms with E-state index < -0.39 is 5.25 Å². The minimum Gasteiger partial charge on any atom is -0.301 e. The molecule has 0 aliphatic heterocycles. The van der Waals surface area contributed by atoms with Crippen LogP contribution in [0.15, 0.2) is 29.3 Å². The molecule has 2 aromatic heterocycles. The van der Waals surface area contributed by atoms with E-state index in [1.807, 2.05) is 32.0 Å². The molecule has 2 atom stereocenters. The van der Waals surface area contributed by atoms with E-state index in [0.29, 0.717) is 21.6 Å². The van der Waals surface area contributed by atoms with E-state index in [4.69, 9.17) is 4.98 Å². The fraction of sp³-hybridized carbons (Fsp3) is 0.440. The Labute approximate surface area is 197 Å². The molecule has 0 bridgehead atoms. The molecule has 7 heteroatoms. The molecule has 0 fully saturated rings.